The fourth-order valence-electron chi connectivity index (χ4n) is 1.88. The summed E-state index contributed by atoms with van der Waals surface area (Å²) in [7, 11) is -1.44. The molecule has 0 saturated heterocycles. The van der Waals surface area contributed by atoms with Crippen LogP contribution >= 0.6 is 0 Å². The molecule has 0 saturated carbocycles. The van der Waals surface area contributed by atoms with Crippen LogP contribution in [0.5, 0.6) is 0 Å². The predicted molar refractivity (Wildman–Crippen MR) is 82.0 cm³/mol. The van der Waals surface area contributed by atoms with Gasteiger partial charge in [0.1, 0.15) is 17.1 Å². The summed E-state index contributed by atoms with van der Waals surface area (Å²) < 4.78 is 33.8. The normalized spacial score (nSPS) is 10.9. The number of carbonyl (C=O) groups is 2. The van der Waals surface area contributed by atoms with Crippen LogP contribution in [-0.2, 0) is 25.1 Å². The molecule has 0 spiro atoms. The lowest BCUT2D eigenvalue weighted by Crippen LogP contribution is -2.17. The number of carbonyl (C=O) groups excluding carboxylic acids is 2. The largest absolute Gasteiger partial charge is 0.465 e. The Morgan fingerprint density at radius 1 is 1.04 bits per heavy atom. The number of benzene rings is 1. The highest BCUT2D eigenvalue weighted by molar-refractivity contribution is 7.90. The monoisotopic (exact) mass is 350 g/mol. The number of sulfone groups is 1. The lowest BCUT2D eigenvalue weighted by Gasteiger charge is -2.08. The van der Waals surface area contributed by atoms with Gasteiger partial charge in [0.15, 0.2) is 15.5 Å². The fraction of sp³-hybridized carbons (Fsp3) is 0.200. The molecule has 0 aliphatic heterocycles. The summed E-state index contributed by atoms with van der Waals surface area (Å²) in [6.07, 6.45) is 1.04. The standard InChI is InChI=1S/C15H14N2O6S/c1-22-14(18)11-8-16-12(17-13(11)15(19)23-2)9-24(20,21)10-6-4-3-5-7-10/h3-8H,9H2,1-2H3. The van der Waals surface area contributed by atoms with Gasteiger partial charge in [0.05, 0.1) is 19.1 Å². The minimum Gasteiger partial charge on any atom is -0.465 e. The first-order valence-corrected chi connectivity index (χ1v) is 8.34. The Kier molecular flexibility index (Phi) is 5.24. The van der Waals surface area contributed by atoms with E-state index in [2.05, 4.69) is 19.4 Å². The van der Waals surface area contributed by atoms with Crippen LogP contribution in [0.15, 0.2) is 41.4 Å². The van der Waals surface area contributed by atoms with Crippen molar-refractivity contribution in [2.24, 2.45) is 0 Å². The van der Waals surface area contributed by atoms with Gasteiger partial charge in [0.25, 0.3) is 0 Å². The fourth-order valence-corrected chi connectivity index (χ4v) is 3.10. The van der Waals surface area contributed by atoms with Gasteiger partial charge in [-0.05, 0) is 12.1 Å². The second kappa shape index (κ2) is 7.18. The molecule has 0 unspecified atom stereocenters. The topological polar surface area (TPSA) is 113 Å². The van der Waals surface area contributed by atoms with E-state index in [9.17, 15) is 18.0 Å². The van der Waals surface area contributed by atoms with E-state index in [-0.39, 0.29) is 22.0 Å². The summed E-state index contributed by atoms with van der Waals surface area (Å²) in [6.45, 7) is 0. The Bertz CT molecular complexity index is 865. The quantitative estimate of drug-likeness (QED) is 0.735. The summed E-state index contributed by atoms with van der Waals surface area (Å²) in [6, 6.07) is 7.76. The molecule has 0 N–H and O–H groups in total. The Morgan fingerprint density at radius 2 is 1.67 bits per heavy atom. The number of hydrogen-bond donors (Lipinski definition) is 0. The van der Waals surface area contributed by atoms with E-state index >= 15 is 0 Å². The van der Waals surface area contributed by atoms with Gasteiger partial charge in [-0.15, -0.1) is 0 Å². The van der Waals surface area contributed by atoms with Crippen molar-refractivity contribution in [3.8, 4) is 0 Å². The number of rotatable bonds is 5. The average molecular weight is 350 g/mol. The Labute approximate surface area is 138 Å². The number of ether oxygens (including phenoxy) is 2. The second-order valence-electron chi connectivity index (χ2n) is 4.60. The van der Waals surface area contributed by atoms with Crippen LogP contribution in [-0.4, -0.2) is 44.5 Å². The van der Waals surface area contributed by atoms with E-state index in [4.69, 9.17) is 0 Å². The van der Waals surface area contributed by atoms with Crippen LogP contribution in [0, 0.1) is 0 Å². The van der Waals surface area contributed by atoms with Crippen LogP contribution in [0.25, 0.3) is 0 Å². The molecule has 2 aromatic rings. The van der Waals surface area contributed by atoms with E-state index in [1.807, 2.05) is 0 Å². The molecule has 0 amide bonds. The van der Waals surface area contributed by atoms with Crippen molar-refractivity contribution in [3.05, 3.63) is 53.6 Å². The van der Waals surface area contributed by atoms with Gasteiger partial charge in [-0.1, -0.05) is 18.2 Å². The molecule has 2 rings (SSSR count). The van der Waals surface area contributed by atoms with Crippen LogP contribution in [0.2, 0.25) is 0 Å². The van der Waals surface area contributed by atoms with Crippen molar-refractivity contribution in [3.63, 3.8) is 0 Å². The maximum atomic E-state index is 12.3. The summed E-state index contributed by atoms with van der Waals surface area (Å²) >= 11 is 0. The van der Waals surface area contributed by atoms with E-state index in [1.54, 1.807) is 18.2 Å². The van der Waals surface area contributed by atoms with Gasteiger partial charge in [0.2, 0.25) is 0 Å². The lowest BCUT2D eigenvalue weighted by molar-refractivity contribution is 0.0548. The third kappa shape index (κ3) is 3.74. The number of methoxy groups -OCH3 is 2. The number of hydrogen-bond acceptors (Lipinski definition) is 8. The Hall–Kier alpha value is -2.81. The van der Waals surface area contributed by atoms with Crippen molar-refractivity contribution >= 4 is 21.8 Å². The smallest absolute Gasteiger partial charge is 0.357 e. The number of esters is 2. The van der Waals surface area contributed by atoms with Gasteiger partial charge in [0, 0.05) is 6.20 Å². The molecular weight excluding hydrogens is 336 g/mol. The van der Waals surface area contributed by atoms with Crippen LogP contribution in [0.4, 0.5) is 0 Å². The second-order valence-corrected chi connectivity index (χ2v) is 6.59. The van der Waals surface area contributed by atoms with E-state index < -0.39 is 27.5 Å². The van der Waals surface area contributed by atoms with Gasteiger partial charge in [-0.3, -0.25) is 0 Å². The van der Waals surface area contributed by atoms with Gasteiger partial charge in [-0.25, -0.2) is 28.0 Å². The zero-order valence-corrected chi connectivity index (χ0v) is 13.7. The number of nitrogens with zero attached hydrogens (tertiary/aromatic N) is 2. The molecule has 1 aromatic heterocycles. The molecule has 24 heavy (non-hydrogen) atoms. The SMILES string of the molecule is COC(=O)c1cnc(CS(=O)(=O)c2ccccc2)nc1C(=O)OC. The molecular formula is C15H14N2O6S. The molecule has 0 atom stereocenters. The van der Waals surface area contributed by atoms with E-state index in [1.165, 1.54) is 12.1 Å². The van der Waals surface area contributed by atoms with E-state index in [0.717, 1.165) is 20.4 Å². The van der Waals surface area contributed by atoms with Crippen molar-refractivity contribution in [1.82, 2.24) is 9.97 Å². The van der Waals surface area contributed by atoms with Crippen molar-refractivity contribution < 1.29 is 27.5 Å². The molecule has 0 aliphatic carbocycles. The zero-order valence-electron chi connectivity index (χ0n) is 12.9. The molecule has 0 aliphatic rings. The summed E-state index contributed by atoms with van der Waals surface area (Å²) in [5.41, 5.74) is -0.553. The molecule has 0 fully saturated rings. The minimum absolute atomic E-state index is 0.102. The molecule has 1 heterocycles. The highest BCUT2D eigenvalue weighted by atomic mass is 32.2. The predicted octanol–water partition coefficient (Wildman–Crippen LogP) is 1.02. The average Bonchev–Trinajstić information content (AvgIpc) is 2.60. The highest BCUT2D eigenvalue weighted by Gasteiger charge is 2.24. The van der Waals surface area contributed by atoms with E-state index in [0.29, 0.717) is 0 Å². The summed E-state index contributed by atoms with van der Waals surface area (Å²) in [5, 5.41) is 0. The van der Waals surface area contributed by atoms with Gasteiger partial charge >= 0.3 is 11.9 Å². The Morgan fingerprint density at radius 3 is 2.25 bits per heavy atom. The zero-order chi connectivity index (χ0) is 17.7. The lowest BCUT2D eigenvalue weighted by atomic mass is 10.2. The first-order valence-electron chi connectivity index (χ1n) is 6.69. The number of aromatic nitrogens is 2. The van der Waals surface area contributed by atoms with Crippen LogP contribution in [0.3, 0.4) is 0 Å². The summed E-state index contributed by atoms with van der Waals surface area (Å²) in [4.78, 5) is 31.2. The molecule has 126 valence electrons. The van der Waals surface area contributed by atoms with Gasteiger partial charge < -0.3 is 9.47 Å². The molecule has 9 heteroatoms. The third-order valence-corrected chi connectivity index (χ3v) is 4.67. The van der Waals surface area contributed by atoms with Gasteiger partial charge in [-0.2, -0.15) is 0 Å². The van der Waals surface area contributed by atoms with Crippen molar-refractivity contribution in [1.29, 1.82) is 0 Å². The first-order chi connectivity index (χ1) is 11.4. The summed E-state index contributed by atoms with van der Waals surface area (Å²) in [5.74, 6) is -2.38. The van der Waals surface area contributed by atoms with Crippen molar-refractivity contribution in [2.45, 2.75) is 10.6 Å². The Balaban J connectivity index is 2.42. The molecule has 1 aromatic carbocycles. The first kappa shape index (κ1) is 17.5. The maximum absolute atomic E-state index is 12.3. The van der Waals surface area contributed by atoms with Crippen LogP contribution in [0.1, 0.15) is 26.7 Å². The molecule has 8 nitrogen and oxygen atoms in total. The highest BCUT2D eigenvalue weighted by Crippen LogP contribution is 2.16. The molecule has 0 radical (unpaired) electrons. The van der Waals surface area contributed by atoms with Crippen molar-refractivity contribution in [2.75, 3.05) is 14.2 Å². The van der Waals surface area contributed by atoms with Crippen LogP contribution < -0.4 is 0 Å². The third-order valence-electron chi connectivity index (χ3n) is 3.04. The molecule has 0 bridgehead atoms. The minimum atomic E-state index is -3.69. The maximum Gasteiger partial charge on any atom is 0.357 e.